The first kappa shape index (κ1) is 31.6. The van der Waals surface area contributed by atoms with Gasteiger partial charge in [0.15, 0.2) is 6.29 Å². The third-order valence-electron chi connectivity index (χ3n) is 5.24. The van der Waals surface area contributed by atoms with Gasteiger partial charge in [0.25, 0.3) is 0 Å². The van der Waals surface area contributed by atoms with Crippen LogP contribution in [0.25, 0.3) is 0 Å². The molecule has 0 saturated carbocycles. The van der Waals surface area contributed by atoms with Gasteiger partial charge in [0.2, 0.25) is 0 Å². The lowest BCUT2D eigenvalue weighted by Crippen LogP contribution is -2.17. The van der Waals surface area contributed by atoms with Crippen LogP contribution in [0.3, 0.4) is 0 Å². The van der Waals surface area contributed by atoms with Crippen molar-refractivity contribution in [1.29, 1.82) is 0 Å². The smallest absolute Gasteiger partial charge is 0.303 e. The highest BCUT2D eigenvalue weighted by molar-refractivity contribution is 5.66. The first-order valence-electron chi connectivity index (χ1n) is 13.1. The Labute approximate surface area is 188 Å². The number of carbonyl (C=O) groups is 1. The van der Waals surface area contributed by atoms with E-state index in [-0.39, 0.29) is 6.29 Å². The maximum Gasteiger partial charge on any atom is 0.303 e. The van der Waals surface area contributed by atoms with Crippen LogP contribution in [0.5, 0.6) is 0 Å². The predicted molar refractivity (Wildman–Crippen MR) is 129 cm³/mol. The van der Waals surface area contributed by atoms with Crippen molar-refractivity contribution in [3.8, 4) is 0 Å². The summed E-state index contributed by atoms with van der Waals surface area (Å²) in [4.78, 5) is 10.2. The molecule has 30 heavy (non-hydrogen) atoms. The molecule has 0 amide bonds. The van der Waals surface area contributed by atoms with E-state index in [1.165, 1.54) is 89.9 Å². The molecule has 0 spiro atoms. The van der Waals surface area contributed by atoms with Gasteiger partial charge in [-0.05, 0) is 33.1 Å². The molecule has 0 radical (unpaired) electrons. The second kappa shape index (κ2) is 28.4. The predicted octanol–water partition coefficient (Wildman–Crippen LogP) is 8.52. The summed E-state index contributed by atoms with van der Waals surface area (Å²) in [5, 5.41) is 8.39. The first-order chi connectivity index (χ1) is 14.6. The quantitative estimate of drug-likeness (QED) is 0.138. The van der Waals surface area contributed by atoms with Crippen LogP contribution in [-0.4, -0.2) is 30.6 Å². The van der Waals surface area contributed by atoms with Gasteiger partial charge < -0.3 is 14.6 Å². The molecule has 182 valence electrons. The molecular weight excluding hydrogens is 376 g/mol. The topological polar surface area (TPSA) is 55.8 Å². The molecule has 0 rings (SSSR count). The molecule has 0 saturated heterocycles. The van der Waals surface area contributed by atoms with Crippen molar-refractivity contribution in [2.45, 2.75) is 150 Å². The van der Waals surface area contributed by atoms with Gasteiger partial charge in [-0.3, -0.25) is 4.79 Å². The zero-order valence-corrected chi connectivity index (χ0v) is 20.9. The number of aliphatic carboxylic acids is 1. The summed E-state index contributed by atoms with van der Waals surface area (Å²) in [6.07, 6.45) is 22.0. The molecule has 0 heterocycles. The number of hydrogen-bond acceptors (Lipinski definition) is 3. The lowest BCUT2D eigenvalue weighted by atomic mass is 10.1. The third-order valence-corrected chi connectivity index (χ3v) is 5.24. The number of unbranched alkanes of at least 4 members (excludes halogenated alkanes) is 14. The Morgan fingerprint density at radius 2 is 0.967 bits per heavy atom. The van der Waals surface area contributed by atoms with Crippen molar-refractivity contribution in [1.82, 2.24) is 0 Å². The van der Waals surface area contributed by atoms with Gasteiger partial charge in [0.1, 0.15) is 0 Å². The number of carboxylic acids is 1. The Hall–Kier alpha value is -0.610. The summed E-state index contributed by atoms with van der Waals surface area (Å²) in [6, 6.07) is 0. The molecule has 0 unspecified atom stereocenters. The van der Waals surface area contributed by atoms with Gasteiger partial charge in [-0.15, -0.1) is 0 Å². The SMILES string of the molecule is CCCCCCCCCCC(=O)O.CCCCCCCCCCC(OCC)OCC. The Kier molecular flexibility index (Phi) is 29.9. The van der Waals surface area contributed by atoms with E-state index in [1.54, 1.807) is 0 Å². The molecule has 0 fully saturated rings. The van der Waals surface area contributed by atoms with Gasteiger partial charge in [-0.2, -0.15) is 0 Å². The van der Waals surface area contributed by atoms with Crippen LogP contribution in [0.4, 0.5) is 0 Å². The van der Waals surface area contributed by atoms with Gasteiger partial charge in [-0.1, -0.05) is 104 Å². The fourth-order valence-corrected chi connectivity index (χ4v) is 3.44. The maximum absolute atomic E-state index is 10.2. The molecule has 0 aromatic carbocycles. The van der Waals surface area contributed by atoms with Crippen LogP contribution in [0, 0.1) is 0 Å². The molecule has 4 heteroatoms. The molecule has 0 bridgehead atoms. The summed E-state index contributed by atoms with van der Waals surface area (Å²) >= 11 is 0. The molecule has 4 nitrogen and oxygen atoms in total. The fourth-order valence-electron chi connectivity index (χ4n) is 3.44. The summed E-state index contributed by atoms with van der Waals surface area (Å²) in [7, 11) is 0. The highest BCUT2D eigenvalue weighted by atomic mass is 16.7. The van der Waals surface area contributed by atoms with Gasteiger partial charge >= 0.3 is 5.97 Å². The normalized spacial score (nSPS) is 10.8. The minimum atomic E-state index is -0.661. The molecule has 0 aliphatic heterocycles. The lowest BCUT2D eigenvalue weighted by molar-refractivity contribution is -0.140. The van der Waals surface area contributed by atoms with E-state index in [0.29, 0.717) is 6.42 Å². The number of carboxylic acid groups (broad SMARTS) is 1. The van der Waals surface area contributed by atoms with Crippen LogP contribution >= 0.6 is 0 Å². The van der Waals surface area contributed by atoms with E-state index in [1.807, 2.05) is 13.8 Å². The largest absolute Gasteiger partial charge is 0.481 e. The van der Waals surface area contributed by atoms with Crippen molar-refractivity contribution in [3.63, 3.8) is 0 Å². The second-order valence-corrected chi connectivity index (χ2v) is 8.22. The number of rotatable bonds is 22. The van der Waals surface area contributed by atoms with E-state index < -0.39 is 5.97 Å². The van der Waals surface area contributed by atoms with Crippen LogP contribution in [0.1, 0.15) is 143 Å². The zero-order chi connectivity index (χ0) is 22.7. The number of hydrogen-bond donors (Lipinski definition) is 1. The third kappa shape index (κ3) is 29.6. The van der Waals surface area contributed by atoms with Crippen molar-refractivity contribution < 1.29 is 19.4 Å². The molecule has 0 aromatic rings. The Bertz CT molecular complexity index is 314. The van der Waals surface area contributed by atoms with Crippen molar-refractivity contribution in [2.75, 3.05) is 13.2 Å². The van der Waals surface area contributed by atoms with Gasteiger partial charge in [-0.25, -0.2) is 0 Å². The number of ether oxygens (including phenoxy) is 2. The Morgan fingerprint density at radius 1 is 0.600 bits per heavy atom. The molecule has 0 aliphatic carbocycles. The molecular formula is C26H54O4. The minimum absolute atomic E-state index is 0.0325. The maximum atomic E-state index is 10.2. The summed E-state index contributed by atoms with van der Waals surface area (Å²) in [5.41, 5.74) is 0. The highest BCUT2D eigenvalue weighted by Gasteiger charge is 2.06. The van der Waals surface area contributed by atoms with Crippen LogP contribution < -0.4 is 0 Å². The Balaban J connectivity index is 0. The fraction of sp³-hybridized carbons (Fsp3) is 0.962. The van der Waals surface area contributed by atoms with Gasteiger partial charge in [0, 0.05) is 19.6 Å². The summed E-state index contributed by atoms with van der Waals surface area (Å²) in [5.74, 6) is -0.661. The summed E-state index contributed by atoms with van der Waals surface area (Å²) < 4.78 is 11.0. The van der Waals surface area contributed by atoms with E-state index in [4.69, 9.17) is 14.6 Å². The minimum Gasteiger partial charge on any atom is -0.481 e. The lowest BCUT2D eigenvalue weighted by Gasteiger charge is -2.16. The summed E-state index contributed by atoms with van der Waals surface area (Å²) in [6.45, 7) is 10.0. The van der Waals surface area contributed by atoms with Crippen LogP contribution in [-0.2, 0) is 14.3 Å². The standard InChI is InChI=1S/C15H32O2.C11H22O2/c1-4-7-8-9-10-11-12-13-14-15(16-5-2)17-6-3;1-2-3-4-5-6-7-8-9-10-11(12)13/h15H,4-14H2,1-3H3;2-10H2,1H3,(H,12,13). The Morgan fingerprint density at radius 3 is 1.33 bits per heavy atom. The van der Waals surface area contributed by atoms with Crippen molar-refractivity contribution >= 4 is 5.97 Å². The van der Waals surface area contributed by atoms with E-state index in [2.05, 4.69) is 13.8 Å². The zero-order valence-electron chi connectivity index (χ0n) is 20.9. The van der Waals surface area contributed by atoms with Gasteiger partial charge in [0.05, 0.1) is 0 Å². The van der Waals surface area contributed by atoms with E-state index in [0.717, 1.165) is 32.5 Å². The molecule has 0 aliphatic rings. The van der Waals surface area contributed by atoms with Crippen LogP contribution in [0.15, 0.2) is 0 Å². The molecule has 1 N–H and O–H groups in total. The van der Waals surface area contributed by atoms with Crippen molar-refractivity contribution in [3.05, 3.63) is 0 Å². The van der Waals surface area contributed by atoms with E-state index >= 15 is 0 Å². The second-order valence-electron chi connectivity index (χ2n) is 8.22. The first-order valence-corrected chi connectivity index (χ1v) is 13.1. The highest BCUT2D eigenvalue weighted by Crippen LogP contribution is 2.12. The molecule has 0 atom stereocenters. The molecule has 0 aromatic heterocycles. The van der Waals surface area contributed by atoms with Crippen LogP contribution in [0.2, 0.25) is 0 Å². The monoisotopic (exact) mass is 430 g/mol. The average Bonchev–Trinajstić information content (AvgIpc) is 2.72. The van der Waals surface area contributed by atoms with E-state index in [9.17, 15) is 4.79 Å². The average molecular weight is 431 g/mol. The van der Waals surface area contributed by atoms with Crippen molar-refractivity contribution in [2.24, 2.45) is 0 Å².